The summed E-state index contributed by atoms with van der Waals surface area (Å²) in [6.07, 6.45) is 1.71. The zero-order valence-corrected chi connectivity index (χ0v) is 15.9. The second-order valence-corrected chi connectivity index (χ2v) is 7.02. The normalized spacial score (nSPS) is 12.0. The maximum atomic E-state index is 12.7. The van der Waals surface area contributed by atoms with Crippen LogP contribution in [-0.4, -0.2) is 54.9 Å². The Bertz CT molecular complexity index is 952. The molecule has 2 heterocycles. The number of primary amides is 1. The van der Waals surface area contributed by atoms with Crippen molar-refractivity contribution in [2.24, 2.45) is 10.1 Å². The third-order valence-electron chi connectivity index (χ3n) is 2.95. The average molecular weight is 421 g/mol. The van der Waals surface area contributed by atoms with Crippen LogP contribution in [0.5, 0.6) is 12.0 Å². The van der Waals surface area contributed by atoms with Crippen LogP contribution in [0, 0.1) is 0 Å². The summed E-state index contributed by atoms with van der Waals surface area (Å²) < 4.78 is 52.4. The van der Waals surface area contributed by atoms with Gasteiger partial charge in [0, 0.05) is 18.1 Å². The number of thiazole rings is 1. The zero-order valence-electron chi connectivity index (χ0n) is 14.3. The molecule has 2 aromatic rings. The molecule has 0 saturated carbocycles. The van der Waals surface area contributed by atoms with E-state index in [2.05, 4.69) is 19.3 Å². The standard InChI is InChI=1S/C12H16FN7O5S2/c1-24-10-15-9(16-11(17-10)25-2)20(8(14)21)27(22,23)18-12-19(5-3-4-13)6-7-26-12/h6-7H,3-5H2,1-2H3,(H2,14,21)/b18-12+. The third kappa shape index (κ3) is 4.88. The van der Waals surface area contributed by atoms with Crippen LogP contribution in [0.2, 0.25) is 0 Å². The first kappa shape index (κ1) is 20.5. The van der Waals surface area contributed by atoms with Gasteiger partial charge in [0.2, 0.25) is 4.80 Å². The van der Waals surface area contributed by atoms with E-state index < -0.39 is 28.9 Å². The topological polar surface area (TPSA) is 155 Å². The molecule has 0 aromatic carbocycles. The Kier molecular flexibility index (Phi) is 6.62. The molecule has 0 fully saturated rings. The highest BCUT2D eigenvalue weighted by molar-refractivity contribution is 7.92. The molecule has 0 aliphatic heterocycles. The highest BCUT2D eigenvalue weighted by Crippen LogP contribution is 2.19. The van der Waals surface area contributed by atoms with Gasteiger partial charge in [-0.3, -0.25) is 4.39 Å². The van der Waals surface area contributed by atoms with Gasteiger partial charge in [-0.15, -0.1) is 25.0 Å². The highest BCUT2D eigenvalue weighted by atomic mass is 32.2. The van der Waals surface area contributed by atoms with Gasteiger partial charge in [0.25, 0.3) is 5.95 Å². The summed E-state index contributed by atoms with van der Waals surface area (Å²) in [5, 5.41) is 1.57. The van der Waals surface area contributed by atoms with E-state index in [1.807, 2.05) is 0 Å². The Morgan fingerprint density at radius 3 is 2.48 bits per heavy atom. The summed E-state index contributed by atoms with van der Waals surface area (Å²) in [5.41, 5.74) is 5.20. The molecular weight excluding hydrogens is 405 g/mol. The van der Waals surface area contributed by atoms with Gasteiger partial charge in [0.05, 0.1) is 20.9 Å². The summed E-state index contributed by atoms with van der Waals surface area (Å²) in [7, 11) is -2.22. The van der Waals surface area contributed by atoms with Crippen LogP contribution in [0.1, 0.15) is 6.42 Å². The molecule has 0 saturated heterocycles. The molecule has 2 amide bonds. The number of ether oxygens (including phenoxy) is 2. The molecule has 0 bridgehead atoms. The van der Waals surface area contributed by atoms with Gasteiger partial charge in [0.1, 0.15) is 0 Å². The van der Waals surface area contributed by atoms with Crippen molar-refractivity contribution in [3.63, 3.8) is 0 Å². The van der Waals surface area contributed by atoms with Crippen molar-refractivity contribution in [1.82, 2.24) is 19.5 Å². The summed E-state index contributed by atoms with van der Waals surface area (Å²) in [6, 6.07) is -2.00. The molecule has 0 radical (unpaired) electrons. The van der Waals surface area contributed by atoms with Crippen molar-refractivity contribution in [3.8, 4) is 12.0 Å². The van der Waals surface area contributed by atoms with Crippen molar-refractivity contribution in [1.29, 1.82) is 0 Å². The van der Waals surface area contributed by atoms with E-state index in [1.165, 1.54) is 25.0 Å². The monoisotopic (exact) mass is 421 g/mol. The Morgan fingerprint density at radius 1 is 1.33 bits per heavy atom. The van der Waals surface area contributed by atoms with Gasteiger partial charge in [-0.05, 0) is 6.42 Å². The van der Waals surface area contributed by atoms with E-state index in [-0.39, 0.29) is 34.1 Å². The van der Waals surface area contributed by atoms with Gasteiger partial charge in [0.15, 0.2) is 0 Å². The fourth-order valence-corrected chi connectivity index (χ4v) is 3.80. The lowest BCUT2D eigenvalue weighted by molar-refractivity contribution is 0.256. The predicted molar refractivity (Wildman–Crippen MR) is 92.4 cm³/mol. The van der Waals surface area contributed by atoms with Crippen molar-refractivity contribution < 1.29 is 27.1 Å². The van der Waals surface area contributed by atoms with E-state index >= 15 is 0 Å². The van der Waals surface area contributed by atoms with E-state index in [1.54, 1.807) is 5.38 Å². The number of hydrogen-bond acceptors (Lipinski definition) is 9. The van der Waals surface area contributed by atoms with Crippen LogP contribution in [0.4, 0.5) is 15.1 Å². The molecule has 0 atom stereocenters. The molecule has 0 unspecified atom stereocenters. The van der Waals surface area contributed by atoms with Crippen molar-refractivity contribution in [2.45, 2.75) is 13.0 Å². The lowest BCUT2D eigenvalue weighted by Crippen LogP contribution is -2.42. The van der Waals surface area contributed by atoms with Crippen molar-refractivity contribution in [2.75, 3.05) is 25.2 Å². The summed E-state index contributed by atoms with van der Waals surface area (Å²) in [4.78, 5) is 22.9. The molecule has 27 heavy (non-hydrogen) atoms. The van der Waals surface area contributed by atoms with Crippen LogP contribution < -0.4 is 24.3 Å². The number of nitrogens with two attached hydrogens (primary N) is 1. The highest BCUT2D eigenvalue weighted by Gasteiger charge is 2.31. The first-order valence-electron chi connectivity index (χ1n) is 7.27. The van der Waals surface area contributed by atoms with E-state index in [9.17, 15) is 17.6 Å². The van der Waals surface area contributed by atoms with Gasteiger partial charge < -0.3 is 19.8 Å². The van der Waals surface area contributed by atoms with E-state index in [0.29, 0.717) is 0 Å². The number of anilines is 1. The molecule has 0 aliphatic rings. The Balaban J connectivity index is 2.55. The lowest BCUT2D eigenvalue weighted by atomic mass is 10.5. The fraction of sp³-hybridized carbons (Fsp3) is 0.417. The zero-order chi connectivity index (χ0) is 20.0. The lowest BCUT2D eigenvalue weighted by Gasteiger charge is -2.15. The largest absolute Gasteiger partial charge is 0.467 e. The Labute approximate surface area is 157 Å². The van der Waals surface area contributed by atoms with Crippen LogP contribution in [0.3, 0.4) is 0 Å². The Hall–Kier alpha value is -2.81. The average Bonchev–Trinajstić information content (AvgIpc) is 3.05. The quantitative estimate of drug-likeness (QED) is 0.616. The van der Waals surface area contributed by atoms with Gasteiger partial charge in [-0.2, -0.15) is 18.4 Å². The summed E-state index contributed by atoms with van der Waals surface area (Å²) >= 11 is 0.980. The number of carbonyl (C=O) groups excluding carboxylic acids is 1. The molecule has 0 spiro atoms. The number of carbonyl (C=O) groups is 1. The summed E-state index contributed by atoms with van der Waals surface area (Å²) in [6.45, 7) is -0.370. The first-order chi connectivity index (χ1) is 12.8. The van der Waals surface area contributed by atoms with Gasteiger partial charge in [-0.1, -0.05) is 0 Å². The minimum absolute atomic E-state index is 0.0164. The van der Waals surface area contributed by atoms with Crippen LogP contribution in [0.25, 0.3) is 0 Å². The number of methoxy groups -OCH3 is 2. The second kappa shape index (κ2) is 8.72. The van der Waals surface area contributed by atoms with E-state index in [0.717, 1.165) is 11.3 Å². The smallest absolute Gasteiger partial charge is 0.358 e. The predicted octanol–water partition coefficient (Wildman–Crippen LogP) is -0.158. The van der Waals surface area contributed by atoms with Gasteiger partial charge in [-0.25, -0.2) is 4.79 Å². The first-order valence-corrected chi connectivity index (χ1v) is 9.54. The number of amides is 2. The maximum Gasteiger partial charge on any atom is 0.358 e. The molecule has 0 aliphatic carbocycles. The molecule has 2 aromatic heterocycles. The van der Waals surface area contributed by atoms with Crippen molar-refractivity contribution in [3.05, 3.63) is 16.4 Å². The van der Waals surface area contributed by atoms with Crippen LogP contribution >= 0.6 is 11.3 Å². The molecular formula is C12H16FN7O5S2. The minimum atomic E-state index is -4.68. The molecule has 2 rings (SSSR count). The fourth-order valence-electron chi connectivity index (χ4n) is 1.83. The maximum absolute atomic E-state index is 12.7. The number of hydrogen-bond donors (Lipinski definition) is 1. The number of urea groups is 1. The minimum Gasteiger partial charge on any atom is -0.467 e. The molecule has 2 N–H and O–H groups in total. The number of rotatable bonds is 8. The number of nitrogens with zero attached hydrogens (tertiary/aromatic N) is 6. The number of halogens is 1. The SMILES string of the molecule is COc1nc(OC)nc(N(C(N)=O)S(=O)(=O)/N=c2/sccn2CCCF)n1. The van der Waals surface area contributed by atoms with Crippen LogP contribution in [0.15, 0.2) is 16.0 Å². The van der Waals surface area contributed by atoms with Crippen LogP contribution in [-0.2, 0) is 16.8 Å². The van der Waals surface area contributed by atoms with E-state index in [4.69, 9.17) is 15.2 Å². The van der Waals surface area contributed by atoms with Gasteiger partial charge >= 0.3 is 28.3 Å². The Morgan fingerprint density at radius 2 is 1.96 bits per heavy atom. The third-order valence-corrected chi connectivity index (χ3v) is 5.06. The second-order valence-electron chi connectivity index (χ2n) is 4.70. The molecule has 15 heteroatoms. The summed E-state index contributed by atoms with van der Waals surface area (Å²) in [5.74, 6) is -0.651. The molecule has 12 nitrogen and oxygen atoms in total. The number of aromatic nitrogens is 4. The molecule has 148 valence electrons. The van der Waals surface area contributed by atoms with Crippen molar-refractivity contribution >= 4 is 33.5 Å². The number of aryl methyl sites for hydroxylation is 1. The number of alkyl halides is 1.